The van der Waals surface area contributed by atoms with Crippen LogP contribution in [0.4, 0.5) is 5.69 Å². The molecule has 4 nitrogen and oxygen atoms in total. The van der Waals surface area contributed by atoms with Crippen LogP contribution in [0.2, 0.25) is 0 Å². The summed E-state index contributed by atoms with van der Waals surface area (Å²) in [7, 11) is 0. The quantitative estimate of drug-likeness (QED) is 0.692. The van der Waals surface area contributed by atoms with Crippen LogP contribution in [0.5, 0.6) is 5.75 Å². The topological polar surface area (TPSA) is 57.4 Å². The predicted molar refractivity (Wildman–Crippen MR) is 43.9 cm³/mol. The van der Waals surface area contributed by atoms with E-state index in [1.165, 1.54) is 0 Å². The molecule has 0 spiro atoms. The lowest BCUT2D eigenvalue weighted by molar-refractivity contribution is -0.0794. The first-order chi connectivity index (χ1) is 5.86. The fourth-order valence-corrected chi connectivity index (χ4v) is 0.963. The summed E-state index contributed by atoms with van der Waals surface area (Å²) in [4.78, 5) is 3.86. The SMILES string of the molecule is Nc1cnccc1OC1COC1. The Morgan fingerprint density at radius 3 is 3.00 bits per heavy atom. The van der Waals surface area contributed by atoms with E-state index in [-0.39, 0.29) is 6.10 Å². The fourth-order valence-electron chi connectivity index (χ4n) is 0.963. The molecule has 0 atom stereocenters. The van der Waals surface area contributed by atoms with E-state index in [1.54, 1.807) is 18.5 Å². The monoisotopic (exact) mass is 166 g/mol. The van der Waals surface area contributed by atoms with Crippen LogP contribution < -0.4 is 10.5 Å². The fraction of sp³-hybridized carbons (Fsp3) is 0.375. The van der Waals surface area contributed by atoms with E-state index in [9.17, 15) is 0 Å². The second-order valence-corrected chi connectivity index (χ2v) is 2.69. The molecule has 64 valence electrons. The number of hydrogen-bond donors (Lipinski definition) is 1. The van der Waals surface area contributed by atoms with Crippen molar-refractivity contribution in [1.82, 2.24) is 4.98 Å². The van der Waals surface area contributed by atoms with Gasteiger partial charge in [0.15, 0.2) is 0 Å². The molecule has 0 radical (unpaired) electrons. The third kappa shape index (κ3) is 1.33. The van der Waals surface area contributed by atoms with Crippen molar-refractivity contribution in [3.63, 3.8) is 0 Å². The average Bonchev–Trinajstić information content (AvgIpc) is 2.00. The maximum atomic E-state index is 5.62. The predicted octanol–water partition coefficient (Wildman–Crippen LogP) is 0.441. The van der Waals surface area contributed by atoms with Gasteiger partial charge in [0.05, 0.1) is 25.1 Å². The van der Waals surface area contributed by atoms with E-state index in [2.05, 4.69) is 4.98 Å². The Kier molecular flexibility index (Phi) is 1.83. The van der Waals surface area contributed by atoms with E-state index in [0.717, 1.165) is 0 Å². The van der Waals surface area contributed by atoms with Crippen LogP contribution in [-0.4, -0.2) is 24.3 Å². The highest BCUT2D eigenvalue weighted by molar-refractivity contribution is 5.49. The molecular weight excluding hydrogens is 156 g/mol. The van der Waals surface area contributed by atoms with Gasteiger partial charge in [0.25, 0.3) is 0 Å². The first-order valence-corrected chi connectivity index (χ1v) is 3.80. The Morgan fingerprint density at radius 2 is 2.42 bits per heavy atom. The third-order valence-corrected chi connectivity index (χ3v) is 1.71. The molecule has 2 N–H and O–H groups in total. The zero-order valence-electron chi connectivity index (χ0n) is 6.56. The molecule has 1 aromatic heterocycles. The summed E-state index contributed by atoms with van der Waals surface area (Å²) in [6.07, 6.45) is 3.40. The van der Waals surface area contributed by atoms with Gasteiger partial charge in [0.2, 0.25) is 0 Å². The van der Waals surface area contributed by atoms with Crippen molar-refractivity contribution in [2.45, 2.75) is 6.10 Å². The molecule has 0 saturated carbocycles. The van der Waals surface area contributed by atoms with Crippen molar-refractivity contribution in [1.29, 1.82) is 0 Å². The Balaban J connectivity index is 2.06. The molecule has 0 aliphatic carbocycles. The highest BCUT2D eigenvalue weighted by atomic mass is 16.6. The molecule has 1 aromatic rings. The van der Waals surface area contributed by atoms with Crippen molar-refractivity contribution in [2.75, 3.05) is 18.9 Å². The normalized spacial score (nSPS) is 17.0. The van der Waals surface area contributed by atoms with Gasteiger partial charge < -0.3 is 15.2 Å². The molecule has 12 heavy (non-hydrogen) atoms. The number of rotatable bonds is 2. The summed E-state index contributed by atoms with van der Waals surface area (Å²) in [5, 5.41) is 0. The van der Waals surface area contributed by atoms with Gasteiger partial charge in [-0.15, -0.1) is 0 Å². The highest BCUT2D eigenvalue weighted by Gasteiger charge is 2.20. The van der Waals surface area contributed by atoms with Gasteiger partial charge in [0, 0.05) is 12.3 Å². The number of anilines is 1. The molecule has 0 bridgehead atoms. The molecule has 1 saturated heterocycles. The Hall–Kier alpha value is -1.29. The van der Waals surface area contributed by atoms with Crippen LogP contribution in [0.1, 0.15) is 0 Å². The van der Waals surface area contributed by atoms with Gasteiger partial charge in [-0.3, -0.25) is 4.98 Å². The maximum Gasteiger partial charge on any atom is 0.145 e. The molecule has 1 aliphatic heterocycles. The van der Waals surface area contributed by atoms with Crippen LogP contribution in [0.25, 0.3) is 0 Å². The molecule has 2 rings (SSSR count). The van der Waals surface area contributed by atoms with Gasteiger partial charge in [-0.2, -0.15) is 0 Å². The Bertz CT molecular complexity index is 274. The second kappa shape index (κ2) is 2.98. The van der Waals surface area contributed by atoms with Gasteiger partial charge in [-0.1, -0.05) is 0 Å². The van der Waals surface area contributed by atoms with Gasteiger partial charge in [-0.25, -0.2) is 0 Å². The van der Waals surface area contributed by atoms with Gasteiger partial charge >= 0.3 is 0 Å². The van der Waals surface area contributed by atoms with E-state index in [4.69, 9.17) is 15.2 Å². The first kappa shape index (κ1) is 7.36. The van der Waals surface area contributed by atoms with E-state index in [0.29, 0.717) is 24.7 Å². The smallest absolute Gasteiger partial charge is 0.145 e. The number of aromatic nitrogens is 1. The number of nitrogens with zero attached hydrogens (tertiary/aromatic N) is 1. The number of nitrogen functional groups attached to an aromatic ring is 1. The first-order valence-electron chi connectivity index (χ1n) is 3.80. The number of ether oxygens (including phenoxy) is 2. The summed E-state index contributed by atoms with van der Waals surface area (Å²) in [5.41, 5.74) is 6.19. The van der Waals surface area contributed by atoms with Crippen LogP contribution in [0.3, 0.4) is 0 Å². The van der Waals surface area contributed by atoms with Crippen molar-refractivity contribution in [3.05, 3.63) is 18.5 Å². The van der Waals surface area contributed by atoms with E-state index in [1.807, 2.05) is 0 Å². The third-order valence-electron chi connectivity index (χ3n) is 1.71. The van der Waals surface area contributed by atoms with Crippen LogP contribution in [-0.2, 0) is 4.74 Å². The molecule has 0 unspecified atom stereocenters. The van der Waals surface area contributed by atoms with Crippen LogP contribution >= 0.6 is 0 Å². The largest absolute Gasteiger partial charge is 0.483 e. The number of nitrogens with two attached hydrogens (primary N) is 1. The minimum absolute atomic E-state index is 0.162. The maximum absolute atomic E-state index is 5.62. The molecule has 0 aromatic carbocycles. The van der Waals surface area contributed by atoms with E-state index >= 15 is 0 Å². The molecular formula is C8H10N2O2. The number of pyridine rings is 1. The summed E-state index contributed by atoms with van der Waals surface area (Å²) >= 11 is 0. The summed E-state index contributed by atoms with van der Waals surface area (Å²) < 4.78 is 10.5. The van der Waals surface area contributed by atoms with Crippen molar-refractivity contribution < 1.29 is 9.47 Å². The summed E-state index contributed by atoms with van der Waals surface area (Å²) in [6, 6.07) is 1.76. The van der Waals surface area contributed by atoms with Gasteiger partial charge in [-0.05, 0) is 0 Å². The van der Waals surface area contributed by atoms with Crippen molar-refractivity contribution >= 4 is 5.69 Å². The summed E-state index contributed by atoms with van der Waals surface area (Å²) in [5.74, 6) is 0.693. The zero-order chi connectivity index (χ0) is 8.39. The molecule has 0 amide bonds. The molecule has 1 aliphatic rings. The van der Waals surface area contributed by atoms with E-state index < -0.39 is 0 Å². The Labute approximate surface area is 70.3 Å². The van der Waals surface area contributed by atoms with Crippen LogP contribution in [0, 0.1) is 0 Å². The molecule has 4 heteroatoms. The lowest BCUT2D eigenvalue weighted by Gasteiger charge is -2.27. The lowest BCUT2D eigenvalue weighted by atomic mass is 10.3. The minimum Gasteiger partial charge on any atom is -0.483 e. The molecule has 1 fully saturated rings. The van der Waals surface area contributed by atoms with Crippen LogP contribution in [0.15, 0.2) is 18.5 Å². The van der Waals surface area contributed by atoms with Crippen molar-refractivity contribution in [3.8, 4) is 5.75 Å². The molecule has 2 heterocycles. The minimum atomic E-state index is 0.162. The lowest BCUT2D eigenvalue weighted by Crippen LogP contribution is -2.38. The standard InChI is InChI=1S/C8H10N2O2/c9-7-3-10-2-1-8(7)12-6-4-11-5-6/h1-3,6H,4-5,9H2. The summed E-state index contributed by atoms with van der Waals surface area (Å²) in [6.45, 7) is 1.31. The zero-order valence-corrected chi connectivity index (χ0v) is 6.56. The van der Waals surface area contributed by atoms with Gasteiger partial charge in [0.1, 0.15) is 11.9 Å². The Morgan fingerprint density at radius 1 is 1.58 bits per heavy atom. The second-order valence-electron chi connectivity index (χ2n) is 2.69. The average molecular weight is 166 g/mol. The highest BCUT2D eigenvalue weighted by Crippen LogP contribution is 2.21. The van der Waals surface area contributed by atoms with Crippen molar-refractivity contribution in [2.24, 2.45) is 0 Å². The number of hydrogen-bond acceptors (Lipinski definition) is 4.